The first-order chi connectivity index (χ1) is 19.4. The minimum absolute atomic E-state index is 0.00713. The van der Waals surface area contributed by atoms with E-state index in [-0.39, 0.29) is 5.82 Å². The van der Waals surface area contributed by atoms with Crippen molar-refractivity contribution in [1.29, 1.82) is 0 Å². The molecule has 0 atom stereocenters. The number of halogens is 6. The lowest BCUT2D eigenvalue weighted by molar-refractivity contribution is 0.133. The van der Waals surface area contributed by atoms with Crippen molar-refractivity contribution in [2.24, 2.45) is 0 Å². The van der Waals surface area contributed by atoms with Crippen LogP contribution in [0.3, 0.4) is 0 Å². The molecule has 1 fully saturated rings. The molecule has 1 aromatic heterocycles. The van der Waals surface area contributed by atoms with Crippen LogP contribution in [0, 0.1) is 0 Å². The molecule has 16 heteroatoms. The molecule has 0 spiro atoms. The second-order valence-electron chi connectivity index (χ2n) is 10.7. The zero-order valence-electron chi connectivity index (χ0n) is 23.6. The molecule has 234 valence electrons. The molecule has 0 saturated carbocycles. The predicted octanol–water partition coefficient (Wildman–Crippen LogP) is 6.62. The number of benzene rings is 1. The molecule has 3 rings (SSSR count). The number of imide groups is 1. The van der Waals surface area contributed by atoms with E-state index in [0.717, 1.165) is 32.7 Å². The van der Waals surface area contributed by atoms with E-state index in [0.29, 0.717) is 28.6 Å². The lowest BCUT2D eigenvalue weighted by Gasteiger charge is -2.32. The Kier molecular flexibility index (Phi) is 12.2. The van der Waals surface area contributed by atoms with Crippen LogP contribution in [0.1, 0.15) is 26.5 Å². The van der Waals surface area contributed by atoms with Crippen LogP contribution in [-0.2, 0) is 14.9 Å². The molecule has 0 unspecified atom stereocenters. The first-order valence-electron chi connectivity index (χ1n) is 12.9. The summed E-state index contributed by atoms with van der Waals surface area (Å²) in [6, 6.07) is 8.58. The van der Waals surface area contributed by atoms with Crippen molar-refractivity contribution in [2.75, 3.05) is 64.5 Å². The summed E-state index contributed by atoms with van der Waals surface area (Å²) in [5.41, 5.74) is 0.597. The fourth-order valence-corrected chi connectivity index (χ4v) is 4.14. The summed E-state index contributed by atoms with van der Waals surface area (Å²) in [6.45, 7) is 9.89. The third-order valence-electron chi connectivity index (χ3n) is 6.13. The summed E-state index contributed by atoms with van der Waals surface area (Å²) < 4.78 is 13.7. The van der Waals surface area contributed by atoms with Crippen molar-refractivity contribution in [3.8, 4) is 11.4 Å². The Bertz CT molecular complexity index is 1170. The van der Waals surface area contributed by atoms with Crippen molar-refractivity contribution in [1.82, 2.24) is 19.6 Å². The van der Waals surface area contributed by atoms with Crippen molar-refractivity contribution >= 4 is 87.6 Å². The smallest absolute Gasteiger partial charge is 0.425 e. The van der Waals surface area contributed by atoms with Crippen LogP contribution in [-0.4, -0.2) is 98.9 Å². The second kappa shape index (κ2) is 14.6. The maximum absolute atomic E-state index is 13.2. The molecule has 0 aliphatic carbocycles. The van der Waals surface area contributed by atoms with Gasteiger partial charge in [0.05, 0.1) is 11.4 Å². The average molecular weight is 708 g/mol. The molecule has 1 saturated heterocycles. The van der Waals surface area contributed by atoms with Gasteiger partial charge in [-0.3, -0.25) is 4.90 Å². The first kappa shape index (κ1) is 35.1. The van der Waals surface area contributed by atoms with Crippen molar-refractivity contribution < 1.29 is 23.8 Å². The maximum Gasteiger partial charge on any atom is 0.425 e. The number of likely N-dealkylation sites (N-methyl/N-ethyl adjacent to an activating group) is 1. The number of hydrogen-bond donors (Lipinski definition) is 0. The van der Waals surface area contributed by atoms with Crippen LogP contribution < -0.4 is 9.64 Å². The minimum atomic E-state index is -1.93. The zero-order valence-corrected chi connectivity index (χ0v) is 28.1. The number of carbonyl (C=O) groups is 2. The van der Waals surface area contributed by atoms with Gasteiger partial charge < -0.3 is 19.1 Å². The van der Waals surface area contributed by atoms with Crippen LogP contribution >= 0.6 is 69.6 Å². The van der Waals surface area contributed by atoms with Gasteiger partial charge in [-0.25, -0.2) is 14.3 Å². The van der Waals surface area contributed by atoms with Gasteiger partial charge in [0.1, 0.15) is 25.6 Å². The zero-order chi connectivity index (χ0) is 31.3. The molecule has 2 amide bonds. The third kappa shape index (κ3) is 11.0. The Labute approximate surface area is 275 Å². The van der Waals surface area contributed by atoms with Crippen LogP contribution in [0.15, 0.2) is 30.3 Å². The van der Waals surface area contributed by atoms with Gasteiger partial charge in [0, 0.05) is 44.2 Å². The molecular weight excluding hydrogens is 675 g/mol. The largest absolute Gasteiger partial charge is 0.492 e. The van der Waals surface area contributed by atoms with Gasteiger partial charge in [-0.1, -0.05) is 90.4 Å². The number of carbonyl (C=O) groups excluding carboxylic acids is 2. The topological polar surface area (TPSA) is 89.4 Å². The average Bonchev–Trinajstić information content (AvgIpc) is 3.33. The van der Waals surface area contributed by atoms with E-state index < -0.39 is 38.4 Å². The number of hydrogen-bond acceptors (Lipinski definition) is 8. The van der Waals surface area contributed by atoms with E-state index in [4.69, 9.17) is 83.8 Å². The summed E-state index contributed by atoms with van der Waals surface area (Å²) in [5.74, 6) is 0.644. The van der Waals surface area contributed by atoms with E-state index in [9.17, 15) is 9.59 Å². The standard InChI is InChI=1S/C26H33Cl6N5O5/c1-24(2,3)20-15-21(36(22(38)41-16-25(27,28)29)23(39)42-17-26(30,31)32)37(33-20)18-5-7-19(8-6-18)40-14-13-35-11-9-34(4)10-12-35/h5-8,15H,9-14,16-17H2,1-4H3. The monoisotopic (exact) mass is 705 g/mol. The summed E-state index contributed by atoms with van der Waals surface area (Å²) >= 11 is 34.5. The van der Waals surface area contributed by atoms with E-state index in [1.54, 1.807) is 30.3 Å². The Hall–Kier alpha value is -1.37. The highest BCUT2D eigenvalue weighted by molar-refractivity contribution is 6.68. The summed E-state index contributed by atoms with van der Waals surface area (Å²) in [4.78, 5) is 31.6. The highest BCUT2D eigenvalue weighted by atomic mass is 35.6. The second-order valence-corrected chi connectivity index (χ2v) is 15.7. The number of anilines is 1. The highest BCUT2D eigenvalue weighted by Crippen LogP contribution is 2.32. The van der Waals surface area contributed by atoms with E-state index in [1.165, 1.54) is 4.68 Å². The van der Waals surface area contributed by atoms with Gasteiger partial charge in [-0.2, -0.15) is 10.00 Å². The van der Waals surface area contributed by atoms with Crippen molar-refractivity contribution in [2.45, 2.75) is 33.8 Å². The molecule has 0 N–H and O–H groups in total. The molecular formula is C26H33Cl6N5O5. The molecule has 2 heterocycles. The normalized spacial score (nSPS) is 15.4. The lowest BCUT2D eigenvalue weighted by Crippen LogP contribution is -2.45. The van der Waals surface area contributed by atoms with Gasteiger partial charge in [0.25, 0.3) is 0 Å². The summed E-state index contributed by atoms with van der Waals surface area (Å²) in [5, 5.41) is 4.67. The lowest BCUT2D eigenvalue weighted by atomic mass is 9.92. The van der Waals surface area contributed by atoms with Gasteiger partial charge in [0.15, 0.2) is 5.82 Å². The van der Waals surface area contributed by atoms with Gasteiger partial charge in [0.2, 0.25) is 7.59 Å². The summed E-state index contributed by atoms with van der Waals surface area (Å²) in [7, 11) is 2.11. The third-order valence-corrected chi connectivity index (χ3v) is 6.78. The Morgan fingerprint density at radius 3 is 1.88 bits per heavy atom. The Morgan fingerprint density at radius 1 is 0.881 bits per heavy atom. The molecule has 1 aliphatic heterocycles. The SMILES string of the molecule is CN1CCN(CCOc2ccc(-n3nc(C(C)(C)C)cc3N(C(=O)OCC(Cl)(Cl)Cl)C(=O)OCC(Cl)(Cl)Cl)cc2)CC1. The molecule has 0 bridgehead atoms. The molecule has 2 aromatic rings. The number of ether oxygens (including phenoxy) is 3. The van der Waals surface area contributed by atoms with Crippen LogP contribution in [0.5, 0.6) is 5.75 Å². The molecule has 1 aromatic carbocycles. The maximum atomic E-state index is 13.2. The number of piperazine rings is 1. The van der Waals surface area contributed by atoms with E-state index in [2.05, 4.69) is 21.9 Å². The van der Waals surface area contributed by atoms with Crippen LogP contribution in [0.2, 0.25) is 0 Å². The first-order valence-corrected chi connectivity index (χ1v) is 15.2. The highest BCUT2D eigenvalue weighted by Gasteiger charge is 2.36. The molecule has 42 heavy (non-hydrogen) atoms. The number of amides is 2. The number of rotatable bonds is 8. The minimum Gasteiger partial charge on any atom is -0.492 e. The van der Waals surface area contributed by atoms with Gasteiger partial charge in [-0.15, -0.1) is 0 Å². The summed E-state index contributed by atoms with van der Waals surface area (Å²) in [6.07, 6.45) is -2.39. The fraction of sp³-hybridized carbons (Fsp3) is 0.577. The van der Waals surface area contributed by atoms with Crippen LogP contribution in [0.25, 0.3) is 5.69 Å². The number of aromatic nitrogens is 2. The fourth-order valence-electron chi connectivity index (χ4n) is 3.81. The van der Waals surface area contributed by atoms with Gasteiger partial charge in [-0.05, 0) is 31.3 Å². The number of nitrogens with zero attached hydrogens (tertiary/aromatic N) is 5. The van der Waals surface area contributed by atoms with E-state index >= 15 is 0 Å². The predicted molar refractivity (Wildman–Crippen MR) is 167 cm³/mol. The van der Waals surface area contributed by atoms with Crippen LogP contribution in [0.4, 0.5) is 15.4 Å². The molecule has 10 nitrogen and oxygen atoms in total. The van der Waals surface area contributed by atoms with Crippen molar-refractivity contribution in [3.63, 3.8) is 0 Å². The molecule has 0 radical (unpaired) electrons. The number of alkyl halides is 6. The Morgan fingerprint density at radius 2 is 1.40 bits per heavy atom. The van der Waals surface area contributed by atoms with Gasteiger partial charge >= 0.3 is 12.2 Å². The quantitative estimate of drug-likeness (QED) is 0.283. The van der Waals surface area contributed by atoms with Crippen molar-refractivity contribution in [3.05, 3.63) is 36.0 Å². The molecule has 1 aliphatic rings. The van der Waals surface area contributed by atoms with E-state index in [1.807, 2.05) is 20.8 Å². The Balaban J connectivity index is 1.88.